The van der Waals surface area contributed by atoms with Crippen molar-refractivity contribution in [3.63, 3.8) is 0 Å². The predicted octanol–water partition coefficient (Wildman–Crippen LogP) is 0.896. The fourth-order valence-electron chi connectivity index (χ4n) is 1.39. The van der Waals surface area contributed by atoms with Gasteiger partial charge in [0, 0.05) is 19.0 Å². The number of hydrogen-bond acceptors (Lipinski definition) is 0. The highest BCUT2D eigenvalue weighted by Gasteiger charge is 2.37. The van der Waals surface area contributed by atoms with Gasteiger partial charge in [-0.1, -0.05) is 11.3 Å². The van der Waals surface area contributed by atoms with Crippen LogP contribution in [0.2, 0.25) is 11.3 Å². The van der Waals surface area contributed by atoms with E-state index >= 15 is 0 Å². The Balaban J connectivity index is 0.0000000886. The maximum atomic E-state index is 1.78. The predicted molar refractivity (Wildman–Crippen MR) is 52.2 cm³/mol. The molecule has 0 atom stereocenters. The molecule has 0 bridgehead atoms. The second-order valence-corrected chi connectivity index (χ2v) is 11.2. The minimum Gasteiger partial charge on any atom is -0.0725 e. The van der Waals surface area contributed by atoms with Crippen molar-refractivity contribution in [2.45, 2.75) is 37.0 Å². The molecule has 0 radical (unpaired) electrons. The van der Waals surface area contributed by atoms with E-state index in [0.717, 1.165) is 0 Å². The summed E-state index contributed by atoms with van der Waals surface area (Å²) in [5.41, 5.74) is 3.56. The minimum absolute atomic E-state index is 0.667. The van der Waals surface area contributed by atoms with Crippen LogP contribution in [0.3, 0.4) is 0 Å². The van der Waals surface area contributed by atoms with Crippen molar-refractivity contribution in [3.8, 4) is 0 Å². The minimum atomic E-state index is 0.667. The third kappa shape index (κ3) is 2.24. The molecule has 0 nitrogen and oxygen atoms in total. The third-order valence-electron chi connectivity index (χ3n) is 2.91. The first-order chi connectivity index (χ1) is 4.97. The van der Waals surface area contributed by atoms with Crippen LogP contribution in [0.5, 0.6) is 0 Å². The van der Waals surface area contributed by atoms with Gasteiger partial charge in [0.15, 0.2) is 0 Å². The highest BCUT2D eigenvalue weighted by Crippen LogP contribution is 2.49. The lowest BCUT2D eigenvalue weighted by Crippen LogP contribution is -2.10. The third-order valence-corrected chi connectivity index (χ3v) is 10.9. The highest BCUT2D eigenvalue weighted by atomic mass is 28.3. The van der Waals surface area contributed by atoms with E-state index in [1.54, 1.807) is 37.0 Å². The SMILES string of the molecule is C1CC1C1CC1.C1[SiH2]C[SiH2]1. The first kappa shape index (κ1) is 7.10. The van der Waals surface area contributed by atoms with Gasteiger partial charge in [-0.25, -0.2) is 0 Å². The van der Waals surface area contributed by atoms with Crippen LogP contribution in [0.15, 0.2) is 0 Å². The summed E-state index contributed by atoms with van der Waals surface area (Å²) in [6, 6.07) is 0. The van der Waals surface area contributed by atoms with Gasteiger partial charge in [0.2, 0.25) is 0 Å². The van der Waals surface area contributed by atoms with Crippen LogP contribution in [0.25, 0.3) is 0 Å². The Kier molecular flexibility index (Phi) is 2.29. The van der Waals surface area contributed by atoms with Gasteiger partial charge < -0.3 is 0 Å². The van der Waals surface area contributed by atoms with Gasteiger partial charge in [0.05, 0.1) is 0 Å². The Morgan fingerprint density at radius 2 is 1.00 bits per heavy atom. The molecule has 0 unspecified atom stereocenters. The normalized spacial score (nSPS) is 34.8. The molecule has 1 aliphatic heterocycles. The van der Waals surface area contributed by atoms with Crippen LogP contribution < -0.4 is 0 Å². The average Bonchev–Trinajstić information content (AvgIpc) is 2.54. The van der Waals surface area contributed by atoms with E-state index < -0.39 is 0 Å². The van der Waals surface area contributed by atoms with Gasteiger partial charge in [-0.2, -0.15) is 0 Å². The van der Waals surface area contributed by atoms with Crippen molar-refractivity contribution < 1.29 is 0 Å². The Labute approximate surface area is 68.4 Å². The summed E-state index contributed by atoms with van der Waals surface area (Å²) in [6.07, 6.45) is 6.24. The molecule has 0 N–H and O–H groups in total. The molecule has 0 aromatic heterocycles. The zero-order chi connectivity index (χ0) is 6.81. The van der Waals surface area contributed by atoms with E-state index in [-0.39, 0.29) is 0 Å². The van der Waals surface area contributed by atoms with Crippen LogP contribution >= 0.6 is 0 Å². The second-order valence-electron chi connectivity index (χ2n) is 4.09. The maximum Gasteiger partial charge on any atom is 0.0134 e. The molecule has 3 fully saturated rings. The molecule has 3 aliphatic rings. The summed E-state index contributed by atoms with van der Waals surface area (Å²) >= 11 is 0. The van der Waals surface area contributed by atoms with E-state index in [0.29, 0.717) is 19.0 Å². The lowest BCUT2D eigenvalue weighted by molar-refractivity contribution is 0.716. The Hall–Kier alpha value is 0.434. The summed E-state index contributed by atoms with van der Waals surface area (Å²) < 4.78 is 0. The van der Waals surface area contributed by atoms with Gasteiger partial charge in [0.1, 0.15) is 0 Å². The number of hydrogen-bond donors (Lipinski definition) is 0. The highest BCUT2D eigenvalue weighted by molar-refractivity contribution is 6.74. The van der Waals surface area contributed by atoms with Crippen LogP contribution in [0.1, 0.15) is 25.7 Å². The maximum absolute atomic E-state index is 1.78. The van der Waals surface area contributed by atoms with Crippen LogP contribution in [0, 0.1) is 11.8 Å². The van der Waals surface area contributed by atoms with Crippen molar-refractivity contribution in [3.05, 3.63) is 0 Å². The van der Waals surface area contributed by atoms with E-state index in [9.17, 15) is 0 Å². The standard InChI is InChI=1S/C6H10.C2H8Si2/c1-2-5(1)6-3-4-6;1-3-2-4-1/h5-6H,1-4H2;1-4H2. The van der Waals surface area contributed by atoms with Gasteiger partial charge in [-0.3, -0.25) is 0 Å². The lowest BCUT2D eigenvalue weighted by Gasteiger charge is -2.03. The molecule has 2 heteroatoms. The second kappa shape index (κ2) is 3.22. The molecule has 10 heavy (non-hydrogen) atoms. The summed E-state index contributed by atoms with van der Waals surface area (Å²) in [7, 11) is 1.33. The largest absolute Gasteiger partial charge is 0.0725 e. The van der Waals surface area contributed by atoms with Crippen LogP contribution in [0.4, 0.5) is 0 Å². The monoisotopic (exact) mass is 170 g/mol. The zero-order valence-electron chi connectivity index (χ0n) is 6.81. The van der Waals surface area contributed by atoms with Crippen molar-refractivity contribution in [2.24, 2.45) is 11.8 Å². The molecule has 1 heterocycles. The van der Waals surface area contributed by atoms with E-state index in [1.165, 1.54) is 11.8 Å². The number of rotatable bonds is 1. The Morgan fingerprint density at radius 3 is 1.10 bits per heavy atom. The average molecular weight is 170 g/mol. The molecule has 0 amide bonds. The van der Waals surface area contributed by atoms with Gasteiger partial charge in [-0.05, 0) is 37.5 Å². The zero-order valence-corrected chi connectivity index (χ0v) is 9.64. The first-order valence-corrected chi connectivity index (χ1v) is 8.97. The van der Waals surface area contributed by atoms with Crippen molar-refractivity contribution in [1.82, 2.24) is 0 Å². The van der Waals surface area contributed by atoms with Crippen LogP contribution in [-0.2, 0) is 0 Å². The fourth-order valence-corrected chi connectivity index (χ4v) is 3.39. The molecule has 0 aromatic rings. The van der Waals surface area contributed by atoms with Crippen molar-refractivity contribution in [1.29, 1.82) is 0 Å². The van der Waals surface area contributed by atoms with E-state index in [2.05, 4.69) is 0 Å². The lowest BCUT2D eigenvalue weighted by atomic mass is 10.3. The molecule has 58 valence electrons. The molecule has 1 saturated heterocycles. The quantitative estimate of drug-likeness (QED) is 0.513. The molecular weight excluding hydrogens is 152 g/mol. The Morgan fingerprint density at radius 1 is 0.700 bits per heavy atom. The molecule has 2 aliphatic carbocycles. The smallest absolute Gasteiger partial charge is 0.0134 e. The summed E-state index contributed by atoms with van der Waals surface area (Å²) in [5, 5.41) is 0. The molecular formula is C8H18Si2. The molecule has 0 spiro atoms. The van der Waals surface area contributed by atoms with E-state index in [4.69, 9.17) is 0 Å². The summed E-state index contributed by atoms with van der Waals surface area (Å²) in [5.74, 6) is 2.43. The van der Waals surface area contributed by atoms with Crippen molar-refractivity contribution in [2.75, 3.05) is 0 Å². The van der Waals surface area contributed by atoms with Gasteiger partial charge >= 0.3 is 0 Å². The first-order valence-electron chi connectivity index (χ1n) is 4.97. The molecule has 0 aromatic carbocycles. The topological polar surface area (TPSA) is 0 Å². The molecule has 3 rings (SSSR count). The fraction of sp³-hybridized carbons (Fsp3) is 1.00. The van der Waals surface area contributed by atoms with Crippen LogP contribution in [-0.4, -0.2) is 19.0 Å². The van der Waals surface area contributed by atoms with E-state index in [1.807, 2.05) is 0 Å². The van der Waals surface area contributed by atoms with Gasteiger partial charge in [0.25, 0.3) is 0 Å². The summed E-state index contributed by atoms with van der Waals surface area (Å²) in [6.45, 7) is 0. The van der Waals surface area contributed by atoms with Gasteiger partial charge in [-0.15, -0.1) is 0 Å². The molecule has 2 saturated carbocycles. The Bertz CT molecular complexity index is 87.8. The summed E-state index contributed by atoms with van der Waals surface area (Å²) in [4.78, 5) is 0. The van der Waals surface area contributed by atoms with Crippen molar-refractivity contribution >= 4 is 19.0 Å².